The first-order valence-corrected chi connectivity index (χ1v) is 4.82. The minimum atomic E-state index is -0.260. The number of carbonyl (C=O) groups is 2. The summed E-state index contributed by atoms with van der Waals surface area (Å²) >= 11 is 0. The second-order valence-electron chi connectivity index (χ2n) is 2.89. The molecule has 0 aliphatic rings. The van der Waals surface area contributed by atoms with E-state index < -0.39 is 0 Å². The van der Waals surface area contributed by atoms with E-state index in [1.807, 2.05) is 0 Å². The lowest BCUT2D eigenvalue weighted by Crippen LogP contribution is -2.25. The number of nitrogens with one attached hydrogen (secondary N) is 1. The molecule has 0 radical (unpaired) electrons. The predicted octanol–water partition coefficient (Wildman–Crippen LogP) is 1.25. The molecule has 2 atom stereocenters. The van der Waals surface area contributed by atoms with Gasteiger partial charge in [-0.05, 0) is 25.5 Å². The summed E-state index contributed by atoms with van der Waals surface area (Å²) in [5.74, 6) is -0.0568. The fourth-order valence-electron chi connectivity index (χ4n) is 0.780. The third-order valence-electron chi connectivity index (χ3n) is 1.80. The van der Waals surface area contributed by atoms with Crippen molar-refractivity contribution in [1.29, 1.82) is 0 Å². The van der Waals surface area contributed by atoms with Gasteiger partial charge in [-0.2, -0.15) is 0 Å². The molecule has 1 N–H and O–H groups in total. The van der Waals surface area contributed by atoms with Crippen molar-refractivity contribution < 1.29 is 9.59 Å². The van der Waals surface area contributed by atoms with Gasteiger partial charge in [-0.1, -0.05) is 16.3 Å². The first kappa shape index (κ1) is 12.5. The summed E-state index contributed by atoms with van der Waals surface area (Å²) in [4.78, 5) is 22.4. The Morgan fingerprint density at radius 1 is 1.54 bits per heavy atom. The largest absolute Gasteiger partial charge is 0.295 e. The van der Waals surface area contributed by atoms with Gasteiger partial charge in [0.05, 0.1) is 6.04 Å². The fourth-order valence-corrected chi connectivity index (χ4v) is 0.944. The van der Waals surface area contributed by atoms with E-state index in [0.29, 0.717) is 12.0 Å². The van der Waals surface area contributed by atoms with E-state index in [-0.39, 0.29) is 17.6 Å². The molecule has 3 nitrogen and oxygen atoms in total. The molecule has 0 aromatic rings. The molecular formula is C9H16NO2P. The quantitative estimate of drug-likeness (QED) is 0.538. The molecule has 0 heterocycles. The zero-order valence-electron chi connectivity index (χ0n) is 8.26. The molecule has 0 aliphatic carbocycles. The van der Waals surface area contributed by atoms with Gasteiger partial charge in [-0.25, -0.2) is 0 Å². The van der Waals surface area contributed by atoms with Crippen LogP contribution in [-0.4, -0.2) is 17.6 Å². The Hall–Kier alpha value is -0.530. The highest BCUT2D eigenvalue weighted by Crippen LogP contribution is 2.00. The lowest BCUT2D eigenvalue weighted by atomic mass is 10.1. The van der Waals surface area contributed by atoms with Gasteiger partial charge in [0.25, 0.3) is 0 Å². The molecule has 0 spiro atoms. The van der Waals surface area contributed by atoms with E-state index in [2.05, 4.69) is 14.5 Å². The summed E-state index contributed by atoms with van der Waals surface area (Å²) in [6.07, 6.45) is 1.84. The molecule has 0 rings (SSSR count). The van der Waals surface area contributed by atoms with Crippen molar-refractivity contribution in [2.75, 3.05) is 0 Å². The van der Waals surface area contributed by atoms with Gasteiger partial charge < -0.3 is 0 Å². The van der Waals surface area contributed by atoms with Crippen LogP contribution in [0.3, 0.4) is 0 Å². The highest BCUT2D eigenvalue weighted by atomic mass is 31.0. The molecule has 0 fully saturated rings. The lowest BCUT2D eigenvalue weighted by molar-refractivity contribution is -0.117. The van der Waals surface area contributed by atoms with Crippen molar-refractivity contribution >= 4 is 21.0 Å². The maximum absolute atomic E-state index is 11.3. The van der Waals surface area contributed by atoms with Gasteiger partial charge >= 0.3 is 0 Å². The third kappa shape index (κ3) is 4.30. The van der Waals surface area contributed by atoms with E-state index in [0.717, 1.165) is 0 Å². The number of ketones is 2. The molecule has 0 saturated heterocycles. The Balaban J connectivity index is 4.38. The molecule has 0 aromatic carbocycles. The number of rotatable bonds is 5. The van der Waals surface area contributed by atoms with Crippen molar-refractivity contribution in [2.45, 2.75) is 33.2 Å². The van der Waals surface area contributed by atoms with Gasteiger partial charge in [-0.3, -0.25) is 14.7 Å². The van der Waals surface area contributed by atoms with E-state index in [9.17, 15) is 9.59 Å². The Morgan fingerprint density at radius 3 is 2.46 bits per heavy atom. The van der Waals surface area contributed by atoms with E-state index in [1.54, 1.807) is 20.8 Å². The van der Waals surface area contributed by atoms with E-state index >= 15 is 0 Å². The zero-order valence-corrected chi connectivity index (χ0v) is 9.41. The van der Waals surface area contributed by atoms with E-state index in [1.165, 1.54) is 6.08 Å². The maximum Gasteiger partial charge on any atom is 0.172 e. The van der Waals surface area contributed by atoms with Gasteiger partial charge in [0.2, 0.25) is 0 Å². The summed E-state index contributed by atoms with van der Waals surface area (Å²) in [6, 6.07) is -0.260. The third-order valence-corrected chi connectivity index (χ3v) is 2.30. The Kier molecular flexibility index (Phi) is 5.76. The zero-order chi connectivity index (χ0) is 10.4. The Morgan fingerprint density at radius 2 is 2.08 bits per heavy atom. The summed E-state index contributed by atoms with van der Waals surface area (Å²) in [5.41, 5.74) is 0.527. The van der Waals surface area contributed by atoms with Crippen LogP contribution in [0.5, 0.6) is 0 Å². The van der Waals surface area contributed by atoms with Crippen LogP contribution in [0, 0.1) is 0 Å². The lowest BCUT2D eigenvalue weighted by Gasteiger charge is -2.05. The second-order valence-corrected chi connectivity index (χ2v) is 3.23. The van der Waals surface area contributed by atoms with Crippen molar-refractivity contribution in [3.8, 4) is 0 Å². The minimum absolute atomic E-state index is 0.0179. The van der Waals surface area contributed by atoms with Crippen LogP contribution in [-0.2, 0) is 9.59 Å². The Bertz CT molecular complexity index is 236. The van der Waals surface area contributed by atoms with Crippen LogP contribution in [0.2, 0.25) is 0 Å². The molecule has 0 bridgehead atoms. The molecular weight excluding hydrogens is 185 g/mol. The highest BCUT2D eigenvalue weighted by Gasteiger charge is 2.09. The highest BCUT2D eigenvalue weighted by molar-refractivity contribution is 7.13. The van der Waals surface area contributed by atoms with Gasteiger partial charge in [0, 0.05) is 6.42 Å². The molecule has 0 amide bonds. The summed E-state index contributed by atoms with van der Waals surface area (Å²) < 4.78 is 0. The normalized spacial score (nSPS) is 14.0. The van der Waals surface area contributed by atoms with Crippen molar-refractivity contribution in [3.05, 3.63) is 11.6 Å². The number of hydrogen-bond donors (Lipinski definition) is 1. The summed E-state index contributed by atoms with van der Waals surface area (Å²) in [6.45, 7) is 5.19. The molecule has 4 heteroatoms. The molecule has 1 unspecified atom stereocenters. The molecule has 74 valence electrons. The molecule has 13 heavy (non-hydrogen) atoms. The maximum atomic E-state index is 11.3. The van der Waals surface area contributed by atoms with Crippen molar-refractivity contribution in [2.24, 2.45) is 0 Å². The number of Topliss-reactive ketones (excluding diaryl/α,β-unsaturated/α-hetero) is 1. The van der Waals surface area contributed by atoms with Crippen LogP contribution in [0.15, 0.2) is 11.6 Å². The summed E-state index contributed by atoms with van der Waals surface area (Å²) in [7, 11) is 2.28. The summed E-state index contributed by atoms with van der Waals surface area (Å²) in [5, 5.41) is 2.74. The Labute approximate surface area is 81.2 Å². The second kappa shape index (κ2) is 6.01. The number of allylic oxidation sites excluding steroid dienone is 1. The molecule has 0 aliphatic heterocycles. The fraction of sp³-hybridized carbons (Fsp3) is 0.556. The average Bonchev–Trinajstić information content (AvgIpc) is 2.14. The predicted molar refractivity (Wildman–Crippen MR) is 56.4 cm³/mol. The number of carbonyl (C=O) groups excluding carboxylic acids is 2. The van der Waals surface area contributed by atoms with Gasteiger partial charge in [-0.15, -0.1) is 0 Å². The average molecular weight is 201 g/mol. The monoisotopic (exact) mass is 201 g/mol. The van der Waals surface area contributed by atoms with Crippen LogP contribution >= 0.6 is 9.39 Å². The van der Waals surface area contributed by atoms with Gasteiger partial charge in [0.15, 0.2) is 11.6 Å². The smallest absolute Gasteiger partial charge is 0.172 e. The topological polar surface area (TPSA) is 46.2 Å². The van der Waals surface area contributed by atoms with Crippen LogP contribution < -0.4 is 5.09 Å². The first-order valence-electron chi connectivity index (χ1n) is 4.24. The SMILES string of the molecule is CCC(=O)C(C)=CC(=O)[C@H](C)NP. The van der Waals surface area contributed by atoms with Crippen LogP contribution in [0.25, 0.3) is 0 Å². The molecule has 0 saturated carbocycles. The number of hydrogen-bond acceptors (Lipinski definition) is 3. The first-order chi connectivity index (χ1) is 6.02. The van der Waals surface area contributed by atoms with Crippen LogP contribution in [0.4, 0.5) is 0 Å². The van der Waals surface area contributed by atoms with E-state index in [4.69, 9.17) is 0 Å². The van der Waals surface area contributed by atoms with Gasteiger partial charge in [0.1, 0.15) is 0 Å². The molecule has 0 aromatic heterocycles. The van der Waals surface area contributed by atoms with Crippen molar-refractivity contribution in [3.63, 3.8) is 0 Å². The standard InChI is InChI=1S/C9H16NO2P/c1-4-8(11)6(2)5-9(12)7(3)10-13/h5,7,10H,4,13H2,1-3H3/t7-/m0/s1. The minimum Gasteiger partial charge on any atom is -0.295 e. The van der Waals surface area contributed by atoms with Crippen molar-refractivity contribution in [1.82, 2.24) is 5.09 Å². The van der Waals surface area contributed by atoms with Crippen LogP contribution in [0.1, 0.15) is 27.2 Å².